The second-order valence-electron chi connectivity index (χ2n) is 5.29. The molecule has 9 heteroatoms. The third-order valence-corrected chi connectivity index (χ3v) is 3.54. The highest BCUT2D eigenvalue weighted by Crippen LogP contribution is 2.24. The number of nitrogens with one attached hydrogen (secondary N) is 1. The van der Waals surface area contributed by atoms with Gasteiger partial charge in [-0.25, -0.2) is 4.68 Å². The Hall–Kier alpha value is -3.49. The Bertz CT molecular complexity index is 891. The normalized spacial score (nSPS) is 10.5. The molecule has 0 spiro atoms. The zero-order valence-corrected chi connectivity index (χ0v) is 13.7. The summed E-state index contributed by atoms with van der Waals surface area (Å²) in [5.74, 6) is 1.71. The molecule has 0 radical (unpaired) electrons. The lowest BCUT2D eigenvalue weighted by Gasteiger charge is -2.10. The molecule has 0 aliphatic heterocycles. The molecular formula is C16H16N6O3. The van der Waals surface area contributed by atoms with Crippen LogP contribution in [0.2, 0.25) is 0 Å². The van der Waals surface area contributed by atoms with Crippen molar-refractivity contribution in [1.82, 2.24) is 20.0 Å². The van der Waals surface area contributed by atoms with Crippen molar-refractivity contribution in [3.8, 4) is 11.6 Å². The number of nitro benzene ring substituents is 1. The fraction of sp³-hybridized carbons (Fsp3) is 0.188. The van der Waals surface area contributed by atoms with Crippen LogP contribution in [0.15, 0.2) is 42.6 Å². The summed E-state index contributed by atoms with van der Waals surface area (Å²) in [6.07, 6.45) is 1.81. The van der Waals surface area contributed by atoms with Crippen molar-refractivity contribution < 1.29 is 9.66 Å². The number of hydrogen-bond donors (Lipinski definition) is 1. The predicted octanol–water partition coefficient (Wildman–Crippen LogP) is 2.50. The Morgan fingerprint density at radius 2 is 2.08 bits per heavy atom. The number of hydrogen-bond acceptors (Lipinski definition) is 7. The van der Waals surface area contributed by atoms with Crippen LogP contribution in [0, 0.1) is 17.0 Å². The zero-order chi connectivity index (χ0) is 17.8. The molecule has 0 unspecified atom stereocenters. The fourth-order valence-electron chi connectivity index (χ4n) is 2.29. The number of aryl methyl sites for hydroxylation is 1. The van der Waals surface area contributed by atoms with Gasteiger partial charge in [0.25, 0.3) is 5.69 Å². The molecule has 3 rings (SSSR count). The molecule has 0 fully saturated rings. The van der Waals surface area contributed by atoms with Gasteiger partial charge in [-0.1, -0.05) is 0 Å². The van der Waals surface area contributed by atoms with Crippen LogP contribution < -0.4 is 10.1 Å². The summed E-state index contributed by atoms with van der Waals surface area (Å²) in [7, 11) is 1.52. The van der Waals surface area contributed by atoms with Gasteiger partial charge in [-0.3, -0.25) is 10.1 Å². The lowest BCUT2D eigenvalue weighted by Crippen LogP contribution is -2.06. The minimum atomic E-state index is -0.441. The van der Waals surface area contributed by atoms with Gasteiger partial charge in [-0.2, -0.15) is 5.10 Å². The number of ether oxygens (including phenoxy) is 1. The van der Waals surface area contributed by atoms with Crippen molar-refractivity contribution in [2.75, 3.05) is 12.4 Å². The van der Waals surface area contributed by atoms with Gasteiger partial charge in [-0.05, 0) is 31.2 Å². The molecule has 0 amide bonds. The first-order valence-corrected chi connectivity index (χ1v) is 7.48. The number of non-ortho nitro benzene ring substituents is 1. The van der Waals surface area contributed by atoms with Crippen LogP contribution in [-0.2, 0) is 6.54 Å². The summed E-state index contributed by atoms with van der Waals surface area (Å²) in [5.41, 5.74) is 1.56. The van der Waals surface area contributed by atoms with Crippen molar-refractivity contribution in [1.29, 1.82) is 0 Å². The number of benzene rings is 1. The van der Waals surface area contributed by atoms with E-state index < -0.39 is 4.92 Å². The number of nitrogens with zero attached hydrogens (tertiary/aromatic N) is 5. The molecule has 0 atom stereocenters. The number of nitro groups is 1. The maximum atomic E-state index is 10.9. The average molecular weight is 340 g/mol. The highest BCUT2D eigenvalue weighted by Gasteiger charge is 2.11. The Labute approximate surface area is 143 Å². The Kier molecular flexibility index (Phi) is 4.55. The van der Waals surface area contributed by atoms with Gasteiger partial charge >= 0.3 is 0 Å². The van der Waals surface area contributed by atoms with Gasteiger partial charge in [0, 0.05) is 30.4 Å². The Balaban J connectivity index is 1.73. The summed E-state index contributed by atoms with van der Waals surface area (Å²) < 4.78 is 6.87. The minimum absolute atomic E-state index is 0.00749. The quantitative estimate of drug-likeness (QED) is 0.542. The van der Waals surface area contributed by atoms with Gasteiger partial charge < -0.3 is 10.1 Å². The molecule has 3 aromatic rings. The fourth-order valence-corrected chi connectivity index (χ4v) is 2.29. The van der Waals surface area contributed by atoms with Crippen LogP contribution in [-0.4, -0.2) is 32.0 Å². The largest absolute Gasteiger partial charge is 0.496 e. The molecule has 0 bridgehead atoms. The molecule has 1 aromatic carbocycles. The molecule has 1 N–H and O–H groups in total. The first kappa shape index (κ1) is 16.4. The van der Waals surface area contributed by atoms with Gasteiger partial charge in [-0.15, -0.1) is 10.2 Å². The Morgan fingerprint density at radius 1 is 1.24 bits per heavy atom. The Morgan fingerprint density at radius 3 is 2.68 bits per heavy atom. The summed E-state index contributed by atoms with van der Waals surface area (Å²) in [4.78, 5) is 10.5. The molecule has 2 aromatic heterocycles. The summed E-state index contributed by atoms with van der Waals surface area (Å²) in [6.45, 7) is 2.21. The van der Waals surface area contributed by atoms with E-state index in [1.54, 1.807) is 29.1 Å². The maximum Gasteiger partial charge on any atom is 0.270 e. The lowest BCUT2D eigenvalue weighted by molar-refractivity contribution is -0.384. The van der Waals surface area contributed by atoms with E-state index in [1.807, 2.05) is 13.0 Å². The highest BCUT2D eigenvalue weighted by atomic mass is 16.6. The highest BCUT2D eigenvalue weighted by molar-refractivity contribution is 5.46. The summed E-state index contributed by atoms with van der Waals surface area (Å²) >= 11 is 0. The van der Waals surface area contributed by atoms with E-state index in [-0.39, 0.29) is 5.69 Å². The minimum Gasteiger partial charge on any atom is -0.496 e. The molecule has 0 saturated carbocycles. The number of rotatable bonds is 6. The van der Waals surface area contributed by atoms with Crippen LogP contribution in [0.1, 0.15) is 11.3 Å². The first-order valence-electron chi connectivity index (χ1n) is 7.48. The van der Waals surface area contributed by atoms with E-state index in [9.17, 15) is 10.1 Å². The van der Waals surface area contributed by atoms with Crippen LogP contribution in [0.3, 0.4) is 0 Å². The van der Waals surface area contributed by atoms with E-state index in [0.717, 1.165) is 5.69 Å². The average Bonchev–Trinajstić information content (AvgIpc) is 3.06. The number of aromatic nitrogens is 4. The standard InChI is InChI=1S/C16H16N6O3/c1-11-7-8-21(20-11)16-6-5-15(18-19-16)17-10-12-9-13(22(23)24)3-4-14(12)25-2/h3-9H,10H2,1-2H3,(H,17,18). The second kappa shape index (κ2) is 6.95. The van der Waals surface area contributed by atoms with Crippen LogP contribution in [0.5, 0.6) is 5.75 Å². The molecule has 0 saturated heterocycles. The summed E-state index contributed by atoms with van der Waals surface area (Å²) in [5, 5.41) is 26.5. The smallest absolute Gasteiger partial charge is 0.270 e. The van der Waals surface area contributed by atoms with Gasteiger partial charge in [0.1, 0.15) is 11.6 Å². The third-order valence-electron chi connectivity index (χ3n) is 3.54. The SMILES string of the molecule is COc1ccc([N+](=O)[O-])cc1CNc1ccc(-n2ccc(C)n2)nn1. The maximum absolute atomic E-state index is 10.9. The molecule has 0 aliphatic carbocycles. The molecule has 2 heterocycles. The summed E-state index contributed by atoms with van der Waals surface area (Å²) in [6, 6.07) is 9.88. The van der Waals surface area contributed by atoms with Crippen LogP contribution >= 0.6 is 0 Å². The molecule has 9 nitrogen and oxygen atoms in total. The first-order chi connectivity index (χ1) is 12.1. The van der Waals surface area contributed by atoms with E-state index in [4.69, 9.17) is 4.74 Å². The van der Waals surface area contributed by atoms with Gasteiger partial charge in [0.05, 0.1) is 17.7 Å². The van der Waals surface area contributed by atoms with Gasteiger partial charge in [0.2, 0.25) is 0 Å². The van der Waals surface area contributed by atoms with Crippen LogP contribution in [0.4, 0.5) is 11.5 Å². The number of anilines is 1. The van der Waals surface area contributed by atoms with Gasteiger partial charge in [0.15, 0.2) is 5.82 Å². The topological polar surface area (TPSA) is 108 Å². The van der Waals surface area contributed by atoms with Crippen LogP contribution in [0.25, 0.3) is 5.82 Å². The molecule has 128 valence electrons. The number of methoxy groups -OCH3 is 1. The third kappa shape index (κ3) is 3.71. The predicted molar refractivity (Wildman–Crippen MR) is 90.9 cm³/mol. The molecular weight excluding hydrogens is 324 g/mol. The van der Waals surface area contributed by atoms with E-state index in [0.29, 0.717) is 29.5 Å². The monoisotopic (exact) mass is 340 g/mol. The van der Waals surface area contributed by atoms with Crippen molar-refractivity contribution in [2.24, 2.45) is 0 Å². The van der Waals surface area contributed by atoms with Crippen molar-refractivity contribution >= 4 is 11.5 Å². The zero-order valence-electron chi connectivity index (χ0n) is 13.7. The lowest BCUT2D eigenvalue weighted by atomic mass is 10.1. The van der Waals surface area contributed by atoms with Crippen molar-refractivity contribution in [3.05, 3.63) is 64.0 Å². The van der Waals surface area contributed by atoms with E-state index in [1.165, 1.54) is 19.2 Å². The van der Waals surface area contributed by atoms with Crippen molar-refractivity contribution in [3.63, 3.8) is 0 Å². The molecule has 25 heavy (non-hydrogen) atoms. The molecule has 0 aliphatic rings. The second-order valence-corrected chi connectivity index (χ2v) is 5.29. The van der Waals surface area contributed by atoms with Crippen molar-refractivity contribution in [2.45, 2.75) is 13.5 Å². The van der Waals surface area contributed by atoms with E-state index in [2.05, 4.69) is 20.6 Å². The van der Waals surface area contributed by atoms with E-state index >= 15 is 0 Å².